The van der Waals surface area contributed by atoms with Gasteiger partial charge in [-0.1, -0.05) is 28.6 Å². The summed E-state index contributed by atoms with van der Waals surface area (Å²) in [4.78, 5) is 31.0. The van der Waals surface area contributed by atoms with Crippen LogP contribution in [0.15, 0.2) is 59.1 Å². The van der Waals surface area contributed by atoms with E-state index in [0.717, 1.165) is 11.3 Å². The van der Waals surface area contributed by atoms with Crippen LogP contribution in [-0.4, -0.2) is 35.0 Å². The number of rotatable bonds is 8. The molecule has 9 nitrogen and oxygen atoms in total. The second-order valence-corrected chi connectivity index (χ2v) is 8.22. The van der Waals surface area contributed by atoms with Crippen molar-refractivity contribution in [1.29, 1.82) is 0 Å². The van der Waals surface area contributed by atoms with Crippen LogP contribution in [0.3, 0.4) is 0 Å². The summed E-state index contributed by atoms with van der Waals surface area (Å²) >= 11 is 0.954. The summed E-state index contributed by atoms with van der Waals surface area (Å²) in [5.41, 5.74) is 13.1. The Hall–Kier alpha value is -4.25. The molecule has 4 aromatic rings. The third kappa shape index (κ3) is 4.33. The van der Waals surface area contributed by atoms with Gasteiger partial charge in [0, 0.05) is 17.3 Å². The van der Waals surface area contributed by atoms with Gasteiger partial charge >= 0.3 is 0 Å². The lowest BCUT2D eigenvalue weighted by molar-refractivity contribution is -0.118. The van der Waals surface area contributed by atoms with Crippen LogP contribution < -0.4 is 21.1 Å². The molecular formula is C23H20FN5O4S. The third-order valence-corrected chi connectivity index (χ3v) is 6.14. The number of nitrogens with zero attached hydrogens (tertiary/aromatic N) is 3. The van der Waals surface area contributed by atoms with Gasteiger partial charge in [-0.15, -0.1) is 0 Å². The van der Waals surface area contributed by atoms with Gasteiger partial charge in [0.05, 0.1) is 7.11 Å². The molecule has 0 bridgehead atoms. The van der Waals surface area contributed by atoms with E-state index in [1.54, 1.807) is 19.1 Å². The van der Waals surface area contributed by atoms with Gasteiger partial charge in [0.25, 0.3) is 0 Å². The Balaban J connectivity index is 1.69. The molecule has 0 aliphatic heterocycles. The van der Waals surface area contributed by atoms with E-state index < -0.39 is 23.5 Å². The minimum Gasteiger partial charge on any atom is -0.496 e. The van der Waals surface area contributed by atoms with Crippen molar-refractivity contribution in [3.8, 4) is 17.0 Å². The zero-order chi connectivity index (χ0) is 24.4. The molecule has 1 amide bonds. The van der Waals surface area contributed by atoms with E-state index in [-0.39, 0.29) is 21.6 Å². The monoisotopic (exact) mass is 481 g/mol. The third-order valence-electron chi connectivity index (χ3n) is 5.08. The van der Waals surface area contributed by atoms with Gasteiger partial charge in [0.1, 0.15) is 34.0 Å². The number of thiazole rings is 1. The number of nitrogen functional groups attached to an aromatic ring is 1. The molecular weight excluding hydrogens is 461 g/mol. The van der Waals surface area contributed by atoms with Gasteiger partial charge in [0.15, 0.2) is 5.13 Å². The molecule has 34 heavy (non-hydrogen) atoms. The first-order valence-electron chi connectivity index (χ1n) is 10.1. The Morgan fingerprint density at radius 2 is 1.88 bits per heavy atom. The van der Waals surface area contributed by atoms with E-state index in [9.17, 15) is 14.0 Å². The molecule has 4 rings (SSSR count). The van der Waals surface area contributed by atoms with Crippen molar-refractivity contribution in [3.63, 3.8) is 0 Å². The topological polar surface area (TPSA) is 138 Å². The van der Waals surface area contributed by atoms with Crippen LogP contribution in [0, 0.1) is 5.82 Å². The quantitative estimate of drug-likeness (QED) is 0.363. The van der Waals surface area contributed by atoms with Gasteiger partial charge in [-0.25, -0.2) is 9.37 Å². The standard InChI is InChI=1S/C23H20FN5O4S/c1-12(22(26)31)29(14-9-7-13(24)8-10-14)23-27-21(25)20(34-23)19(30)18-11-16(28-33-18)15-5-3-4-6-17(15)32-2/h3-12H,25H2,1-2H3,(H2,26,31)/t12-/m1/s1. The number of nitrogens with two attached hydrogens (primary N) is 2. The van der Waals surface area contributed by atoms with Crippen LogP contribution in [0.4, 0.5) is 21.0 Å². The number of ketones is 1. The molecule has 0 spiro atoms. The van der Waals surface area contributed by atoms with Crippen molar-refractivity contribution in [3.05, 3.63) is 71.1 Å². The molecule has 174 valence electrons. The molecule has 0 radical (unpaired) electrons. The van der Waals surface area contributed by atoms with Crippen LogP contribution in [-0.2, 0) is 4.79 Å². The van der Waals surface area contributed by atoms with Crippen molar-refractivity contribution in [2.75, 3.05) is 17.7 Å². The fraction of sp³-hybridized carbons (Fsp3) is 0.130. The first-order valence-corrected chi connectivity index (χ1v) is 10.9. The van der Waals surface area contributed by atoms with E-state index >= 15 is 0 Å². The highest BCUT2D eigenvalue weighted by Crippen LogP contribution is 2.36. The fourth-order valence-corrected chi connectivity index (χ4v) is 4.32. The summed E-state index contributed by atoms with van der Waals surface area (Å²) in [7, 11) is 1.53. The van der Waals surface area contributed by atoms with Crippen LogP contribution in [0.25, 0.3) is 11.3 Å². The maximum atomic E-state index is 13.4. The predicted octanol–water partition coefficient (Wildman–Crippen LogP) is 3.77. The zero-order valence-corrected chi connectivity index (χ0v) is 19.0. The summed E-state index contributed by atoms with van der Waals surface area (Å²) in [5, 5.41) is 4.22. The number of benzene rings is 2. The fourth-order valence-electron chi connectivity index (χ4n) is 3.29. The minimum atomic E-state index is -0.846. The summed E-state index contributed by atoms with van der Waals surface area (Å²) in [6.45, 7) is 1.57. The number of aromatic nitrogens is 2. The molecule has 0 aliphatic rings. The number of para-hydroxylation sites is 1. The second-order valence-electron chi connectivity index (χ2n) is 7.24. The average molecular weight is 482 g/mol. The minimum absolute atomic E-state index is 0.0425. The molecule has 2 heterocycles. The smallest absolute Gasteiger partial charge is 0.244 e. The number of hydrogen-bond acceptors (Lipinski definition) is 9. The van der Waals surface area contributed by atoms with E-state index in [4.69, 9.17) is 20.7 Å². The van der Waals surface area contributed by atoms with Crippen LogP contribution in [0.2, 0.25) is 0 Å². The number of anilines is 3. The molecule has 4 N–H and O–H groups in total. The van der Waals surface area contributed by atoms with E-state index in [1.807, 2.05) is 12.1 Å². The van der Waals surface area contributed by atoms with Crippen molar-refractivity contribution in [2.45, 2.75) is 13.0 Å². The summed E-state index contributed by atoms with van der Waals surface area (Å²) < 4.78 is 24.0. The summed E-state index contributed by atoms with van der Waals surface area (Å²) in [6.07, 6.45) is 0. The van der Waals surface area contributed by atoms with Crippen molar-refractivity contribution in [2.24, 2.45) is 5.73 Å². The maximum absolute atomic E-state index is 13.4. The zero-order valence-electron chi connectivity index (χ0n) is 18.2. The number of hydrogen-bond donors (Lipinski definition) is 2. The molecule has 1 atom stereocenters. The SMILES string of the molecule is COc1ccccc1-c1cc(C(=O)c2sc(N(c3ccc(F)cc3)[C@H](C)C(N)=O)nc2N)on1. The molecule has 0 saturated carbocycles. The van der Waals surface area contributed by atoms with Gasteiger partial charge in [-0.2, -0.15) is 0 Å². The average Bonchev–Trinajstić information content (AvgIpc) is 3.47. The highest BCUT2D eigenvalue weighted by molar-refractivity contribution is 7.18. The lowest BCUT2D eigenvalue weighted by Gasteiger charge is -2.26. The lowest BCUT2D eigenvalue weighted by atomic mass is 10.1. The van der Waals surface area contributed by atoms with Gasteiger partial charge in [-0.3, -0.25) is 9.59 Å². The number of amides is 1. The predicted molar refractivity (Wildman–Crippen MR) is 126 cm³/mol. The van der Waals surface area contributed by atoms with E-state index in [1.165, 1.54) is 42.3 Å². The molecule has 11 heteroatoms. The molecule has 0 aliphatic carbocycles. The number of primary amides is 1. The van der Waals surface area contributed by atoms with E-state index in [0.29, 0.717) is 22.7 Å². The molecule has 0 fully saturated rings. The highest BCUT2D eigenvalue weighted by atomic mass is 32.1. The van der Waals surface area contributed by atoms with Crippen LogP contribution in [0.5, 0.6) is 5.75 Å². The van der Waals surface area contributed by atoms with Crippen LogP contribution in [0.1, 0.15) is 22.4 Å². The maximum Gasteiger partial charge on any atom is 0.244 e. The molecule has 0 saturated heterocycles. The van der Waals surface area contributed by atoms with Gasteiger partial charge in [0.2, 0.25) is 17.5 Å². The largest absolute Gasteiger partial charge is 0.496 e. The number of halogens is 1. The Morgan fingerprint density at radius 3 is 2.56 bits per heavy atom. The van der Waals surface area contributed by atoms with Crippen molar-refractivity contribution >= 4 is 39.7 Å². The normalized spacial score (nSPS) is 11.7. The molecule has 0 unspecified atom stereocenters. The number of carbonyl (C=O) groups is 2. The Kier molecular flexibility index (Phi) is 6.28. The lowest BCUT2D eigenvalue weighted by Crippen LogP contribution is -2.39. The number of carbonyl (C=O) groups excluding carboxylic acids is 2. The second kappa shape index (κ2) is 9.32. The van der Waals surface area contributed by atoms with Crippen molar-refractivity contribution < 1.29 is 23.2 Å². The summed E-state index contributed by atoms with van der Waals surface area (Å²) in [5.74, 6) is -1.13. The Bertz CT molecular complexity index is 1350. The number of ether oxygens (including phenoxy) is 1. The molecule has 2 aromatic heterocycles. The Morgan fingerprint density at radius 1 is 1.18 bits per heavy atom. The van der Waals surface area contributed by atoms with Crippen molar-refractivity contribution in [1.82, 2.24) is 10.1 Å². The number of methoxy groups -OCH3 is 1. The van der Waals surface area contributed by atoms with Gasteiger partial charge < -0.3 is 25.6 Å². The first kappa shape index (κ1) is 22.9. The highest BCUT2D eigenvalue weighted by Gasteiger charge is 2.29. The van der Waals surface area contributed by atoms with E-state index in [2.05, 4.69) is 10.1 Å². The Labute approximate surface area is 197 Å². The first-order chi connectivity index (χ1) is 16.3. The summed E-state index contributed by atoms with van der Waals surface area (Å²) in [6, 6.07) is 13.3. The van der Waals surface area contributed by atoms with Gasteiger partial charge in [-0.05, 0) is 43.3 Å². The molecule has 2 aromatic carbocycles. The van der Waals surface area contributed by atoms with Crippen LogP contribution >= 0.6 is 11.3 Å².